The molecule has 0 atom stereocenters. The molecule has 0 unspecified atom stereocenters. The molecule has 126 valence electrons. The third kappa shape index (κ3) is 2.80. The first kappa shape index (κ1) is 15.6. The molecule has 4 rings (SSSR count). The second-order valence-electron chi connectivity index (χ2n) is 5.76. The van der Waals surface area contributed by atoms with Crippen LogP contribution in [0.3, 0.4) is 0 Å². The monoisotopic (exact) mass is 342 g/mol. The van der Waals surface area contributed by atoms with Crippen molar-refractivity contribution in [2.75, 3.05) is 5.73 Å². The first-order valence-corrected chi connectivity index (χ1v) is 7.90. The van der Waals surface area contributed by atoms with Gasteiger partial charge in [0.25, 0.3) is 0 Å². The van der Waals surface area contributed by atoms with Crippen LogP contribution in [0.25, 0.3) is 22.6 Å². The molecule has 0 bridgehead atoms. The van der Waals surface area contributed by atoms with Crippen molar-refractivity contribution in [3.05, 3.63) is 59.8 Å². The summed E-state index contributed by atoms with van der Waals surface area (Å²) in [5.74, 6) is 1.38. The molecule has 0 aliphatic heterocycles. The molecule has 2 heterocycles. The van der Waals surface area contributed by atoms with Gasteiger partial charge in [-0.05, 0) is 36.8 Å². The van der Waals surface area contributed by atoms with Crippen LogP contribution in [-0.4, -0.2) is 19.9 Å². The van der Waals surface area contributed by atoms with Crippen LogP contribution >= 0.6 is 0 Å². The van der Waals surface area contributed by atoms with Crippen molar-refractivity contribution in [3.63, 3.8) is 0 Å². The summed E-state index contributed by atoms with van der Waals surface area (Å²) in [5, 5.41) is 9.18. The van der Waals surface area contributed by atoms with E-state index in [1.54, 1.807) is 24.3 Å². The average Bonchev–Trinajstić information content (AvgIpc) is 3.06. The summed E-state index contributed by atoms with van der Waals surface area (Å²) in [6.07, 6.45) is 1.42. The molecule has 2 aromatic carbocycles. The summed E-state index contributed by atoms with van der Waals surface area (Å²) in [4.78, 5) is 16.3. The summed E-state index contributed by atoms with van der Waals surface area (Å²) in [6, 6.07) is 14.9. The number of hydrogen-bond donors (Lipinski definition) is 2. The zero-order valence-corrected chi connectivity index (χ0v) is 13.9. The van der Waals surface area contributed by atoms with Crippen molar-refractivity contribution in [1.82, 2.24) is 19.9 Å². The Hall–Kier alpha value is -3.92. The van der Waals surface area contributed by atoms with Gasteiger partial charge in [0.2, 0.25) is 5.88 Å². The SMILES string of the molecule is Cc1ccc2nc(-c3nc(Oc4ccccc4C#N)cnc3N)[nH]c2c1. The lowest BCUT2D eigenvalue weighted by atomic mass is 10.2. The van der Waals surface area contributed by atoms with Crippen LogP contribution in [0.1, 0.15) is 11.1 Å². The number of nitrogens with two attached hydrogens (primary N) is 1. The smallest absolute Gasteiger partial charge is 0.238 e. The van der Waals surface area contributed by atoms with E-state index in [0.29, 0.717) is 22.8 Å². The zero-order chi connectivity index (χ0) is 18.1. The molecule has 0 aliphatic rings. The summed E-state index contributed by atoms with van der Waals surface area (Å²) >= 11 is 0. The Morgan fingerprint density at radius 1 is 1.15 bits per heavy atom. The number of aryl methyl sites for hydroxylation is 1. The second-order valence-corrected chi connectivity index (χ2v) is 5.76. The van der Waals surface area contributed by atoms with Gasteiger partial charge < -0.3 is 15.5 Å². The third-order valence-corrected chi connectivity index (χ3v) is 3.86. The van der Waals surface area contributed by atoms with Crippen LogP contribution in [0.2, 0.25) is 0 Å². The first-order chi connectivity index (χ1) is 12.6. The molecule has 0 spiro atoms. The Morgan fingerprint density at radius 2 is 2.00 bits per heavy atom. The minimum Gasteiger partial charge on any atom is -0.436 e. The quantitative estimate of drug-likeness (QED) is 0.588. The van der Waals surface area contributed by atoms with E-state index in [9.17, 15) is 5.26 Å². The van der Waals surface area contributed by atoms with Gasteiger partial charge in [-0.2, -0.15) is 5.26 Å². The van der Waals surface area contributed by atoms with Gasteiger partial charge in [0, 0.05) is 0 Å². The standard InChI is InChI=1S/C19H14N6O/c1-11-6-7-13-14(8-11)24-19(23-13)17-18(21)22-10-16(25-17)26-15-5-3-2-4-12(15)9-20/h2-8,10H,1H3,(H2,21,22)(H,23,24). The Morgan fingerprint density at radius 3 is 2.85 bits per heavy atom. The number of fused-ring (bicyclic) bond motifs is 1. The van der Waals surface area contributed by atoms with Crippen molar-refractivity contribution in [2.45, 2.75) is 6.92 Å². The second kappa shape index (κ2) is 6.18. The summed E-state index contributed by atoms with van der Waals surface area (Å²) in [7, 11) is 0. The summed E-state index contributed by atoms with van der Waals surface area (Å²) in [6.45, 7) is 2.01. The Kier molecular flexibility index (Phi) is 3.71. The number of imidazole rings is 1. The number of nitrogens with one attached hydrogen (secondary N) is 1. The number of H-pyrrole nitrogens is 1. The van der Waals surface area contributed by atoms with Crippen LogP contribution < -0.4 is 10.5 Å². The molecule has 0 radical (unpaired) electrons. The normalized spacial score (nSPS) is 10.6. The predicted molar refractivity (Wildman–Crippen MR) is 97.5 cm³/mol. The fourth-order valence-electron chi connectivity index (χ4n) is 2.60. The highest BCUT2D eigenvalue weighted by atomic mass is 16.5. The molecule has 0 saturated carbocycles. The molecular formula is C19H14N6O. The fraction of sp³-hybridized carbons (Fsp3) is 0.0526. The van der Waals surface area contributed by atoms with Gasteiger partial charge in [0.05, 0.1) is 22.8 Å². The van der Waals surface area contributed by atoms with Crippen molar-refractivity contribution >= 4 is 16.9 Å². The van der Waals surface area contributed by atoms with Gasteiger partial charge in [-0.15, -0.1) is 0 Å². The maximum absolute atomic E-state index is 9.18. The summed E-state index contributed by atoms with van der Waals surface area (Å²) in [5.41, 5.74) is 9.61. The van der Waals surface area contributed by atoms with Gasteiger partial charge in [0.15, 0.2) is 17.3 Å². The lowest BCUT2D eigenvalue weighted by Gasteiger charge is -2.08. The van der Waals surface area contributed by atoms with Crippen LogP contribution in [0, 0.1) is 18.3 Å². The molecule has 7 heteroatoms. The number of para-hydroxylation sites is 1. The van der Waals surface area contributed by atoms with E-state index in [2.05, 4.69) is 26.0 Å². The van der Waals surface area contributed by atoms with E-state index in [4.69, 9.17) is 10.5 Å². The number of nitrogen functional groups attached to an aromatic ring is 1. The molecule has 0 saturated heterocycles. The van der Waals surface area contributed by atoms with Gasteiger partial charge in [-0.25, -0.2) is 15.0 Å². The highest BCUT2D eigenvalue weighted by Gasteiger charge is 2.14. The number of rotatable bonds is 3. The molecule has 0 aliphatic carbocycles. The number of aromatic nitrogens is 4. The van der Waals surface area contributed by atoms with E-state index >= 15 is 0 Å². The van der Waals surface area contributed by atoms with Gasteiger partial charge >= 0.3 is 0 Å². The van der Waals surface area contributed by atoms with E-state index in [-0.39, 0.29) is 11.7 Å². The molecule has 0 amide bonds. The molecule has 4 aromatic rings. The van der Waals surface area contributed by atoms with Gasteiger partial charge in [-0.1, -0.05) is 18.2 Å². The van der Waals surface area contributed by atoms with E-state index in [0.717, 1.165) is 16.6 Å². The largest absolute Gasteiger partial charge is 0.436 e. The number of ether oxygens (including phenoxy) is 1. The molecule has 7 nitrogen and oxygen atoms in total. The van der Waals surface area contributed by atoms with Crippen LogP contribution in [0.15, 0.2) is 48.7 Å². The fourth-order valence-corrected chi connectivity index (χ4v) is 2.60. The highest BCUT2D eigenvalue weighted by Crippen LogP contribution is 2.28. The maximum Gasteiger partial charge on any atom is 0.238 e. The Bertz CT molecular complexity index is 1160. The third-order valence-electron chi connectivity index (χ3n) is 3.86. The number of anilines is 1. The number of nitriles is 1. The molecule has 2 aromatic heterocycles. The summed E-state index contributed by atoms with van der Waals surface area (Å²) < 4.78 is 5.72. The Balaban J connectivity index is 1.75. The highest BCUT2D eigenvalue weighted by molar-refractivity contribution is 5.81. The number of benzene rings is 2. The number of aromatic amines is 1. The Labute approximate surface area is 149 Å². The maximum atomic E-state index is 9.18. The first-order valence-electron chi connectivity index (χ1n) is 7.90. The van der Waals surface area contributed by atoms with Crippen molar-refractivity contribution in [1.29, 1.82) is 5.26 Å². The van der Waals surface area contributed by atoms with E-state index in [1.807, 2.05) is 25.1 Å². The number of hydrogen-bond acceptors (Lipinski definition) is 6. The number of nitrogens with zero attached hydrogens (tertiary/aromatic N) is 4. The van der Waals surface area contributed by atoms with Crippen LogP contribution in [0.4, 0.5) is 5.82 Å². The minimum absolute atomic E-state index is 0.230. The molecule has 26 heavy (non-hydrogen) atoms. The van der Waals surface area contributed by atoms with Gasteiger partial charge in [-0.3, -0.25) is 0 Å². The van der Waals surface area contributed by atoms with Crippen molar-refractivity contribution < 1.29 is 4.74 Å². The van der Waals surface area contributed by atoms with Gasteiger partial charge in [0.1, 0.15) is 11.8 Å². The average molecular weight is 342 g/mol. The minimum atomic E-state index is 0.230. The van der Waals surface area contributed by atoms with Crippen molar-refractivity contribution in [3.8, 4) is 29.2 Å². The van der Waals surface area contributed by atoms with Crippen molar-refractivity contribution in [2.24, 2.45) is 0 Å². The van der Waals surface area contributed by atoms with Crippen LogP contribution in [0.5, 0.6) is 11.6 Å². The predicted octanol–water partition coefficient (Wildman–Crippen LogP) is 3.57. The lowest BCUT2D eigenvalue weighted by Crippen LogP contribution is -2.00. The lowest BCUT2D eigenvalue weighted by molar-refractivity contribution is 0.459. The topological polar surface area (TPSA) is 114 Å². The van der Waals surface area contributed by atoms with Crippen LogP contribution in [-0.2, 0) is 0 Å². The molecule has 3 N–H and O–H groups in total. The zero-order valence-electron chi connectivity index (χ0n) is 13.9. The van der Waals surface area contributed by atoms with E-state index in [1.165, 1.54) is 6.20 Å². The molecule has 0 fully saturated rings. The van der Waals surface area contributed by atoms with E-state index < -0.39 is 0 Å². The molecular weight excluding hydrogens is 328 g/mol.